The fourth-order valence-electron chi connectivity index (χ4n) is 3.94. The average Bonchev–Trinajstić information content (AvgIpc) is 2.67. The maximum atomic E-state index is 12.4. The summed E-state index contributed by atoms with van der Waals surface area (Å²) in [4.78, 5) is 26.4. The quantitative estimate of drug-likeness (QED) is 0.767. The third-order valence-electron chi connectivity index (χ3n) is 5.34. The normalized spacial score (nSPS) is 39.5. The van der Waals surface area contributed by atoms with Crippen LogP contribution in [0.25, 0.3) is 0 Å². The Bertz CT molecular complexity index is 358. The van der Waals surface area contributed by atoms with Crippen LogP contribution in [0.1, 0.15) is 39.0 Å². The summed E-state index contributed by atoms with van der Waals surface area (Å²) in [5, 5.41) is 3.38. The highest BCUT2D eigenvalue weighted by Crippen LogP contribution is 2.38. The largest absolute Gasteiger partial charge is 0.316 e. The van der Waals surface area contributed by atoms with Crippen molar-refractivity contribution in [3.8, 4) is 0 Å². The number of carbonyl (C=O) groups is 2. The van der Waals surface area contributed by atoms with Gasteiger partial charge in [0, 0.05) is 6.54 Å². The van der Waals surface area contributed by atoms with Crippen molar-refractivity contribution in [2.75, 3.05) is 19.6 Å². The second kappa shape index (κ2) is 5.23. The second-order valence-electron chi connectivity index (χ2n) is 6.51. The van der Waals surface area contributed by atoms with Crippen LogP contribution in [0.3, 0.4) is 0 Å². The lowest BCUT2D eigenvalue weighted by atomic mass is 9.81. The van der Waals surface area contributed by atoms with Gasteiger partial charge in [-0.25, -0.2) is 0 Å². The average molecular weight is 264 g/mol. The predicted octanol–water partition coefficient (Wildman–Crippen LogP) is 1.41. The van der Waals surface area contributed by atoms with Gasteiger partial charge in [0.25, 0.3) is 0 Å². The van der Waals surface area contributed by atoms with E-state index < -0.39 is 0 Å². The van der Waals surface area contributed by atoms with Crippen molar-refractivity contribution in [1.29, 1.82) is 0 Å². The molecule has 2 aliphatic heterocycles. The van der Waals surface area contributed by atoms with E-state index in [4.69, 9.17) is 0 Å². The standard InChI is InChI=1S/C15H24N2O2/c1-10-6-7-16-8-11(10)9-17-14(18)12-4-2-3-5-13(12)15(17)19/h10-13,16H,2-9H2,1H3. The molecule has 0 bridgehead atoms. The molecule has 106 valence electrons. The molecule has 19 heavy (non-hydrogen) atoms. The zero-order valence-corrected chi connectivity index (χ0v) is 11.7. The topological polar surface area (TPSA) is 49.4 Å². The number of imide groups is 1. The lowest BCUT2D eigenvalue weighted by molar-refractivity contribution is -0.141. The molecule has 2 saturated heterocycles. The number of hydrogen-bond acceptors (Lipinski definition) is 3. The van der Waals surface area contributed by atoms with Crippen molar-refractivity contribution in [2.45, 2.75) is 39.0 Å². The van der Waals surface area contributed by atoms with Gasteiger partial charge in [-0.05, 0) is 44.2 Å². The van der Waals surface area contributed by atoms with Gasteiger partial charge in [0.2, 0.25) is 11.8 Å². The van der Waals surface area contributed by atoms with Gasteiger partial charge in [0.05, 0.1) is 11.8 Å². The van der Waals surface area contributed by atoms with E-state index in [2.05, 4.69) is 12.2 Å². The highest BCUT2D eigenvalue weighted by molar-refractivity contribution is 6.05. The lowest BCUT2D eigenvalue weighted by Crippen LogP contribution is -2.44. The molecule has 2 amide bonds. The van der Waals surface area contributed by atoms with Crippen molar-refractivity contribution >= 4 is 11.8 Å². The summed E-state index contributed by atoms with van der Waals surface area (Å²) in [5.74, 6) is 1.28. The Hall–Kier alpha value is -0.900. The number of fused-ring (bicyclic) bond motifs is 1. The van der Waals surface area contributed by atoms with Crippen LogP contribution in [-0.4, -0.2) is 36.3 Å². The molecule has 4 heteroatoms. The van der Waals surface area contributed by atoms with E-state index in [1.165, 1.54) is 0 Å². The van der Waals surface area contributed by atoms with Crippen molar-refractivity contribution in [3.63, 3.8) is 0 Å². The molecule has 1 N–H and O–H groups in total. The summed E-state index contributed by atoms with van der Waals surface area (Å²) in [5.41, 5.74) is 0. The molecule has 3 fully saturated rings. The van der Waals surface area contributed by atoms with Crippen LogP contribution in [0, 0.1) is 23.7 Å². The third kappa shape index (κ3) is 2.31. The van der Waals surface area contributed by atoms with Crippen LogP contribution in [0.5, 0.6) is 0 Å². The third-order valence-corrected chi connectivity index (χ3v) is 5.34. The molecular formula is C15H24N2O2. The first-order valence-corrected chi connectivity index (χ1v) is 7.74. The van der Waals surface area contributed by atoms with Crippen LogP contribution < -0.4 is 5.32 Å². The molecule has 1 saturated carbocycles. The van der Waals surface area contributed by atoms with Crippen molar-refractivity contribution in [2.24, 2.45) is 23.7 Å². The van der Waals surface area contributed by atoms with E-state index in [-0.39, 0.29) is 23.7 Å². The first-order chi connectivity index (χ1) is 9.18. The van der Waals surface area contributed by atoms with Gasteiger partial charge in [-0.2, -0.15) is 0 Å². The number of likely N-dealkylation sites (tertiary alicyclic amines) is 1. The highest BCUT2D eigenvalue weighted by atomic mass is 16.2. The fourth-order valence-corrected chi connectivity index (χ4v) is 3.94. The Morgan fingerprint density at radius 3 is 2.32 bits per heavy atom. The van der Waals surface area contributed by atoms with Crippen molar-refractivity contribution in [1.82, 2.24) is 10.2 Å². The van der Waals surface area contributed by atoms with E-state index in [9.17, 15) is 9.59 Å². The fraction of sp³-hybridized carbons (Fsp3) is 0.867. The van der Waals surface area contributed by atoms with Gasteiger partial charge in [0.1, 0.15) is 0 Å². The number of hydrogen-bond donors (Lipinski definition) is 1. The minimum Gasteiger partial charge on any atom is -0.316 e. The second-order valence-corrected chi connectivity index (χ2v) is 6.51. The summed E-state index contributed by atoms with van der Waals surface area (Å²) in [7, 11) is 0. The van der Waals surface area contributed by atoms with Crippen molar-refractivity contribution < 1.29 is 9.59 Å². The predicted molar refractivity (Wildman–Crippen MR) is 72.3 cm³/mol. The van der Waals surface area contributed by atoms with E-state index in [0.717, 1.165) is 45.2 Å². The van der Waals surface area contributed by atoms with Crippen LogP contribution >= 0.6 is 0 Å². The molecule has 3 aliphatic rings. The summed E-state index contributed by atoms with van der Waals surface area (Å²) in [6.07, 6.45) is 5.20. The lowest BCUT2D eigenvalue weighted by Gasteiger charge is -2.32. The van der Waals surface area contributed by atoms with Gasteiger partial charge < -0.3 is 5.32 Å². The van der Waals surface area contributed by atoms with Crippen molar-refractivity contribution in [3.05, 3.63) is 0 Å². The number of nitrogens with one attached hydrogen (secondary N) is 1. The summed E-state index contributed by atoms with van der Waals surface area (Å²) in [6.45, 7) is 4.88. The first kappa shape index (κ1) is 13.1. The number of rotatable bonds is 2. The molecule has 0 spiro atoms. The number of carbonyl (C=O) groups excluding carboxylic acids is 2. The molecule has 4 nitrogen and oxygen atoms in total. The number of amides is 2. The first-order valence-electron chi connectivity index (χ1n) is 7.74. The smallest absolute Gasteiger partial charge is 0.233 e. The number of nitrogens with zero attached hydrogens (tertiary/aromatic N) is 1. The summed E-state index contributed by atoms with van der Waals surface area (Å²) >= 11 is 0. The van der Waals surface area contributed by atoms with Crippen LogP contribution in [0.4, 0.5) is 0 Å². The molecule has 2 heterocycles. The Morgan fingerprint density at radius 1 is 1.11 bits per heavy atom. The molecule has 0 aromatic heterocycles. The Balaban J connectivity index is 1.70. The Kier molecular flexibility index (Phi) is 3.61. The summed E-state index contributed by atoms with van der Waals surface area (Å²) in [6, 6.07) is 0. The minimum atomic E-state index is 0.00751. The Labute approximate surface area is 114 Å². The monoisotopic (exact) mass is 264 g/mol. The van der Waals surface area contributed by atoms with Gasteiger partial charge in [-0.3, -0.25) is 14.5 Å². The summed E-state index contributed by atoms with van der Waals surface area (Å²) < 4.78 is 0. The molecular weight excluding hydrogens is 240 g/mol. The maximum Gasteiger partial charge on any atom is 0.233 e. The zero-order chi connectivity index (χ0) is 13.4. The molecule has 1 aliphatic carbocycles. The highest BCUT2D eigenvalue weighted by Gasteiger charge is 2.48. The zero-order valence-electron chi connectivity index (χ0n) is 11.7. The van der Waals surface area contributed by atoms with Gasteiger partial charge >= 0.3 is 0 Å². The van der Waals surface area contributed by atoms with E-state index in [1.54, 1.807) is 4.90 Å². The molecule has 0 radical (unpaired) electrons. The molecule has 0 aromatic carbocycles. The number of piperidine rings is 1. The minimum absolute atomic E-state index is 0.00751. The molecule has 0 aromatic rings. The van der Waals surface area contributed by atoms with Gasteiger partial charge in [-0.15, -0.1) is 0 Å². The van der Waals surface area contributed by atoms with Crippen LogP contribution in [0.2, 0.25) is 0 Å². The molecule has 3 rings (SSSR count). The van der Waals surface area contributed by atoms with E-state index >= 15 is 0 Å². The van der Waals surface area contributed by atoms with Crippen LogP contribution in [0.15, 0.2) is 0 Å². The van der Waals surface area contributed by atoms with E-state index in [0.29, 0.717) is 18.4 Å². The molecule has 4 unspecified atom stereocenters. The van der Waals surface area contributed by atoms with E-state index in [1.807, 2.05) is 0 Å². The van der Waals surface area contributed by atoms with Crippen LogP contribution in [-0.2, 0) is 9.59 Å². The van der Waals surface area contributed by atoms with Gasteiger partial charge in [-0.1, -0.05) is 19.8 Å². The molecule has 4 atom stereocenters. The van der Waals surface area contributed by atoms with Gasteiger partial charge in [0.15, 0.2) is 0 Å². The Morgan fingerprint density at radius 2 is 1.74 bits per heavy atom. The maximum absolute atomic E-state index is 12.4. The SMILES string of the molecule is CC1CCNCC1CN1C(=O)C2CCCCC2C1=O.